The highest BCUT2D eigenvalue weighted by Crippen LogP contribution is 2.32. The Labute approximate surface area is 159 Å². The number of amides is 1. The Morgan fingerprint density at radius 2 is 1.59 bits per heavy atom. The number of carbonyl (C=O) groups excluding carboxylic acids is 1. The molecule has 0 bridgehead atoms. The summed E-state index contributed by atoms with van der Waals surface area (Å²) in [6.45, 7) is 0. The molecule has 4 nitrogen and oxygen atoms in total. The van der Waals surface area contributed by atoms with Crippen LogP contribution >= 0.6 is 0 Å². The maximum absolute atomic E-state index is 12.2. The lowest BCUT2D eigenvalue weighted by Gasteiger charge is -2.10. The molecule has 0 atom stereocenters. The first-order valence-corrected chi connectivity index (χ1v) is 9.69. The van der Waals surface area contributed by atoms with Gasteiger partial charge >= 0.3 is 0 Å². The molecule has 1 amide bonds. The van der Waals surface area contributed by atoms with Gasteiger partial charge in [-0.2, -0.15) is 0 Å². The number of benzene rings is 2. The van der Waals surface area contributed by atoms with Crippen LogP contribution in [0, 0.1) is 0 Å². The highest BCUT2D eigenvalue weighted by Gasteiger charge is 2.19. The van der Waals surface area contributed by atoms with Crippen LogP contribution in [0.3, 0.4) is 0 Å². The zero-order valence-corrected chi connectivity index (χ0v) is 15.4. The van der Waals surface area contributed by atoms with Crippen LogP contribution in [0.1, 0.15) is 38.0 Å². The molecule has 0 radical (unpaired) electrons. The van der Waals surface area contributed by atoms with Crippen LogP contribution in [0.15, 0.2) is 65.1 Å². The summed E-state index contributed by atoms with van der Waals surface area (Å²) in [6, 6.07) is 20.4. The molecule has 0 aliphatic heterocycles. The molecule has 1 aromatic heterocycles. The molecular formula is C23H24N2O2. The Hall–Kier alpha value is -2.88. The standard InChI is InChI=1S/C23H24N2O2/c26-20(24-19-13-7-8-14-19)15-16-21-25-22(17-9-3-1-4-10-17)23(27-21)18-11-5-2-6-12-18/h1-6,9-12,19H,7-8,13-16H2,(H,24,26). The molecule has 4 rings (SSSR count). The zero-order valence-electron chi connectivity index (χ0n) is 15.4. The molecule has 1 fully saturated rings. The molecule has 0 saturated heterocycles. The van der Waals surface area contributed by atoms with E-state index in [1.165, 1.54) is 12.8 Å². The second kappa shape index (κ2) is 8.21. The third kappa shape index (κ3) is 4.27. The molecule has 1 saturated carbocycles. The van der Waals surface area contributed by atoms with Gasteiger partial charge in [-0.05, 0) is 12.8 Å². The summed E-state index contributed by atoms with van der Waals surface area (Å²) in [6.07, 6.45) is 5.53. The van der Waals surface area contributed by atoms with E-state index in [2.05, 4.69) is 5.32 Å². The number of nitrogens with one attached hydrogen (secondary N) is 1. The van der Waals surface area contributed by atoms with Crippen molar-refractivity contribution in [1.82, 2.24) is 10.3 Å². The van der Waals surface area contributed by atoms with E-state index in [9.17, 15) is 4.79 Å². The number of aryl methyl sites for hydroxylation is 1. The number of carbonyl (C=O) groups is 1. The van der Waals surface area contributed by atoms with Gasteiger partial charge in [0.2, 0.25) is 5.91 Å². The van der Waals surface area contributed by atoms with E-state index in [0.29, 0.717) is 24.8 Å². The van der Waals surface area contributed by atoms with Crippen molar-refractivity contribution < 1.29 is 9.21 Å². The Morgan fingerprint density at radius 3 is 2.26 bits per heavy atom. The lowest BCUT2D eigenvalue weighted by molar-refractivity contribution is -0.121. The topological polar surface area (TPSA) is 55.1 Å². The number of aromatic nitrogens is 1. The molecule has 1 aliphatic rings. The number of nitrogens with zero attached hydrogens (tertiary/aromatic N) is 1. The molecule has 1 N–H and O–H groups in total. The van der Waals surface area contributed by atoms with E-state index in [1.807, 2.05) is 60.7 Å². The summed E-state index contributed by atoms with van der Waals surface area (Å²) in [5.41, 5.74) is 2.83. The van der Waals surface area contributed by atoms with Crippen molar-refractivity contribution >= 4 is 5.91 Å². The summed E-state index contributed by atoms with van der Waals surface area (Å²) in [5.74, 6) is 1.45. The monoisotopic (exact) mass is 360 g/mol. The van der Waals surface area contributed by atoms with Crippen LogP contribution in [0.4, 0.5) is 0 Å². The van der Waals surface area contributed by atoms with Crippen LogP contribution in [0.25, 0.3) is 22.6 Å². The SMILES string of the molecule is O=C(CCc1nc(-c2ccccc2)c(-c2ccccc2)o1)NC1CCCC1. The lowest BCUT2D eigenvalue weighted by atomic mass is 10.1. The quantitative estimate of drug-likeness (QED) is 0.673. The van der Waals surface area contributed by atoms with Crippen LogP contribution < -0.4 is 5.32 Å². The summed E-state index contributed by atoms with van der Waals surface area (Å²) in [4.78, 5) is 16.9. The fraction of sp³-hybridized carbons (Fsp3) is 0.304. The molecule has 4 heteroatoms. The van der Waals surface area contributed by atoms with Crippen molar-refractivity contribution in [2.75, 3.05) is 0 Å². The summed E-state index contributed by atoms with van der Waals surface area (Å²) >= 11 is 0. The summed E-state index contributed by atoms with van der Waals surface area (Å²) < 4.78 is 6.08. The first-order valence-electron chi connectivity index (χ1n) is 9.69. The van der Waals surface area contributed by atoms with Crippen LogP contribution in [-0.4, -0.2) is 16.9 Å². The fourth-order valence-electron chi connectivity index (χ4n) is 3.64. The van der Waals surface area contributed by atoms with Gasteiger partial charge in [0.15, 0.2) is 11.7 Å². The Balaban J connectivity index is 1.53. The first-order chi connectivity index (χ1) is 13.3. The molecule has 3 aromatic rings. The Morgan fingerprint density at radius 1 is 0.963 bits per heavy atom. The largest absolute Gasteiger partial charge is 0.440 e. The van der Waals surface area contributed by atoms with E-state index in [-0.39, 0.29) is 5.91 Å². The van der Waals surface area contributed by atoms with E-state index in [0.717, 1.165) is 35.4 Å². The minimum absolute atomic E-state index is 0.0858. The molecular weight excluding hydrogens is 336 g/mol. The maximum atomic E-state index is 12.2. The van der Waals surface area contributed by atoms with E-state index in [4.69, 9.17) is 9.40 Å². The smallest absolute Gasteiger partial charge is 0.220 e. The van der Waals surface area contributed by atoms with Crippen molar-refractivity contribution in [3.63, 3.8) is 0 Å². The summed E-state index contributed by atoms with van der Waals surface area (Å²) in [7, 11) is 0. The zero-order chi connectivity index (χ0) is 18.5. The van der Waals surface area contributed by atoms with Gasteiger partial charge in [-0.1, -0.05) is 73.5 Å². The van der Waals surface area contributed by atoms with Gasteiger partial charge in [0.25, 0.3) is 0 Å². The third-order valence-corrected chi connectivity index (χ3v) is 5.04. The van der Waals surface area contributed by atoms with Crippen molar-refractivity contribution in [2.24, 2.45) is 0 Å². The Bertz CT molecular complexity index is 824. The van der Waals surface area contributed by atoms with E-state index < -0.39 is 0 Å². The average Bonchev–Trinajstić information content (AvgIpc) is 3.38. The van der Waals surface area contributed by atoms with Gasteiger partial charge in [0.1, 0.15) is 5.69 Å². The molecule has 138 valence electrons. The minimum atomic E-state index is 0.0858. The van der Waals surface area contributed by atoms with Crippen LogP contribution in [0.2, 0.25) is 0 Å². The fourth-order valence-corrected chi connectivity index (χ4v) is 3.64. The van der Waals surface area contributed by atoms with Gasteiger partial charge < -0.3 is 9.73 Å². The molecule has 0 spiro atoms. The van der Waals surface area contributed by atoms with Crippen molar-refractivity contribution in [3.05, 3.63) is 66.6 Å². The van der Waals surface area contributed by atoms with Gasteiger partial charge in [0, 0.05) is 30.0 Å². The Kier molecular flexibility index (Phi) is 5.33. The van der Waals surface area contributed by atoms with Crippen molar-refractivity contribution in [2.45, 2.75) is 44.6 Å². The van der Waals surface area contributed by atoms with E-state index in [1.54, 1.807) is 0 Å². The highest BCUT2D eigenvalue weighted by molar-refractivity contribution is 5.78. The van der Waals surface area contributed by atoms with Crippen molar-refractivity contribution in [3.8, 4) is 22.6 Å². The predicted octanol–water partition coefficient (Wildman–Crippen LogP) is 5.00. The predicted molar refractivity (Wildman–Crippen MR) is 106 cm³/mol. The van der Waals surface area contributed by atoms with Gasteiger partial charge in [-0.3, -0.25) is 4.79 Å². The van der Waals surface area contributed by atoms with Gasteiger partial charge in [-0.25, -0.2) is 4.98 Å². The van der Waals surface area contributed by atoms with Crippen molar-refractivity contribution in [1.29, 1.82) is 0 Å². The van der Waals surface area contributed by atoms with Crippen LogP contribution in [0.5, 0.6) is 0 Å². The minimum Gasteiger partial charge on any atom is -0.440 e. The first kappa shape index (κ1) is 17.5. The highest BCUT2D eigenvalue weighted by atomic mass is 16.4. The lowest BCUT2D eigenvalue weighted by Crippen LogP contribution is -2.32. The molecule has 0 unspecified atom stereocenters. The third-order valence-electron chi connectivity index (χ3n) is 5.04. The van der Waals surface area contributed by atoms with Gasteiger partial charge in [-0.15, -0.1) is 0 Å². The number of hydrogen-bond donors (Lipinski definition) is 1. The van der Waals surface area contributed by atoms with Crippen LogP contribution in [-0.2, 0) is 11.2 Å². The van der Waals surface area contributed by atoms with E-state index >= 15 is 0 Å². The number of hydrogen-bond acceptors (Lipinski definition) is 3. The second-order valence-electron chi connectivity index (χ2n) is 7.07. The molecule has 1 heterocycles. The second-order valence-corrected chi connectivity index (χ2v) is 7.07. The molecule has 1 aliphatic carbocycles. The normalized spacial score (nSPS) is 14.4. The average molecular weight is 360 g/mol. The van der Waals surface area contributed by atoms with Gasteiger partial charge in [0.05, 0.1) is 0 Å². The maximum Gasteiger partial charge on any atom is 0.220 e. The number of rotatable bonds is 6. The molecule has 27 heavy (non-hydrogen) atoms. The summed E-state index contributed by atoms with van der Waals surface area (Å²) in [5, 5.41) is 3.13. The number of oxazole rings is 1. The molecule has 2 aromatic carbocycles.